The van der Waals surface area contributed by atoms with E-state index in [1.54, 1.807) is 4.31 Å². The molecule has 0 spiro atoms. The third kappa shape index (κ3) is 3.79. The first-order chi connectivity index (χ1) is 10.0. The van der Waals surface area contributed by atoms with Gasteiger partial charge in [-0.3, -0.25) is 0 Å². The van der Waals surface area contributed by atoms with Crippen LogP contribution in [0.2, 0.25) is 0 Å². The van der Waals surface area contributed by atoms with Crippen LogP contribution in [0.5, 0.6) is 0 Å². The second kappa shape index (κ2) is 7.42. The molecular weight excluding hydrogens is 330 g/mol. The standard InChI is InChI=1S/C14H22ClNO3S2/c1-3-7-19-12-5-4-6-16(9-12)21(17,18)14-11(2)10-20-13(14)8-15/h10,12H,3-9H2,1-2H3. The summed E-state index contributed by atoms with van der Waals surface area (Å²) < 4.78 is 33.1. The Bertz CT molecular complexity index is 571. The highest BCUT2D eigenvalue weighted by molar-refractivity contribution is 7.89. The van der Waals surface area contributed by atoms with Crippen LogP contribution in [-0.2, 0) is 20.6 Å². The molecule has 0 bridgehead atoms. The average Bonchev–Trinajstić information content (AvgIpc) is 2.87. The number of sulfonamides is 1. The molecular formula is C14H22ClNO3S2. The molecule has 1 fully saturated rings. The van der Waals surface area contributed by atoms with Gasteiger partial charge in [0.05, 0.1) is 12.0 Å². The highest BCUT2D eigenvalue weighted by Crippen LogP contribution is 2.32. The van der Waals surface area contributed by atoms with E-state index in [1.807, 2.05) is 12.3 Å². The normalized spacial score (nSPS) is 20.8. The van der Waals surface area contributed by atoms with Gasteiger partial charge in [-0.15, -0.1) is 22.9 Å². The Morgan fingerprint density at radius 1 is 1.52 bits per heavy atom. The van der Waals surface area contributed by atoms with Crippen molar-refractivity contribution in [3.63, 3.8) is 0 Å². The molecule has 4 nitrogen and oxygen atoms in total. The van der Waals surface area contributed by atoms with Gasteiger partial charge in [0.1, 0.15) is 4.90 Å². The molecule has 0 N–H and O–H groups in total. The molecule has 0 amide bonds. The molecule has 0 aliphatic carbocycles. The van der Waals surface area contributed by atoms with Gasteiger partial charge in [-0.1, -0.05) is 6.92 Å². The molecule has 1 unspecified atom stereocenters. The van der Waals surface area contributed by atoms with E-state index in [4.69, 9.17) is 16.3 Å². The predicted octanol–water partition coefficient (Wildman–Crippen LogP) is 3.38. The maximum absolute atomic E-state index is 12.9. The summed E-state index contributed by atoms with van der Waals surface area (Å²) in [5.41, 5.74) is 0.784. The zero-order valence-corrected chi connectivity index (χ0v) is 14.9. The van der Waals surface area contributed by atoms with Crippen molar-refractivity contribution >= 4 is 33.0 Å². The van der Waals surface area contributed by atoms with Crippen LogP contribution in [0, 0.1) is 6.92 Å². The molecule has 0 saturated carbocycles. The number of hydrogen-bond donors (Lipinski definition) is 0. The smallest absolute Gasteiger partial charge is 0.244 e. The van der Waals surface area contributed by atoms with Gasteiger partial charge in [0.2, 0.25) is 10.0 Å². The molecule has 21 heavy (non-hydrogen) atoms. The summed E-state index contributed by atoms with van der Waals surface area (Å²) in [4.78, 5) is 1.13. The van der Waals surface area contributed by atoms with Crippen LogP contribution < -0.4 is 0 Å². The van der Waals surface area contributed by atoms with Crippen LogP contribution in [0.4, 0.5) is 0 Å². The highest BCUT2D eigenvalue weighted by atomic mass is 35.5. The van der Waals surface area contributed by atoms with E-state index in [-0.39, 0.29) is 12.0 Å². The van der Waals surface area contributed by atoms with Crippen molar-refractivity contribution in [1.82, 2.24) is 4.31 Å². The second-order valence-electron chi connectivity index (χ2n) is 5.30. The third-order valence-corrected chi connectivity index (χ3v) is 7.36. The Kier molecular flexibility index (Phi) is 6.08. The van der Waals surface area contributed by atoms with Crippen molar-refractivity contribution in [1.29, 1.82) is 0 Å². The largest absolute Gasteiger partial charge is 0.377 e. The van der Waals surface area contributed by atoms with Crippen molar-refractivity contribution in [2.75, 3.05) is 19.7 Å². The van der Waals surface area contributed by atoms with Crippen LogP contribution in [0.3, 0.4) is 0 Å². The molecule has 120 valence electrons. The van der Waals surface area contributed by atoms with Gasteiger partial charge in [0, 0.05) is 24.6 Å². The number of alkyl halides is 1. The van der Waals surface area contributed by atoms with E-state index in [1.165, 1.54) is 11.3 Å². The lowest BCUT2D eigenvalue weighted by molar-refractivity contribution is 0.0193. The van der Waals surface area contributed by atoms with Crippen LogP contribution >= 0.6 is 22.9 Å². The Morgan fingerprint density at radius 3 is 2.95 bits per heavy atom. The minimum absolute atomic E-state index is 0.00636. The van der Waals surface area contributed by atoms with Gasteiger partial charge in [0.15, 0.2) is 0 Å². The number of rotatable bonds is 6. The van der Waals surface area contributed by atoms with Crippen molar-refractivity contribution < 1.29 is 13.2 Å². The number of nitrogens with zero attached hydrogens (tertiary/aromatic N) is 1. The number of ether oxygens (including phenoxy) is 1. The van der Waals surface area contributed by atoms with Gasteiger partial charge in [-0.25, -0.2) is 8.42 Å². The number of thiophene rings is 1. The van der Waals surface area contributed by atoms with Gasteiger partial charge in [-0.05, 0) is 37.1 Å². The first kappa shape index (κ1) is 17.2. The minimum Gasteiger partial charge on any atom is -0.377 e. The molecule has 2 rings (SSSR count). The minimum atomic E-state index is -3.47. The first-order valence-electron chi connectivity index (χ1n) is 7.25. The Hall–Kier alpha value is -0.140. The lowest BCUT2D eigenvalue weighted by Crippen LogP contribution is -2.43. The van der Waals surface area contributed by atoms with Crippen molar-refractivity contribution in [2.45, 2.75) is 50.0 Å². The molecule has 7 heteroatoms. The molecule has 2 heterocycles. The van der Waals surface area contributed by atoms with Gasteiger partial charge < -0.3 is 4.74 Å². The van der Waals surface area contributed by atoms with Crippen LogP contribution in [0.15, 0.2) is 10.3 Å². The summed E-state index contributed by atoms with van der Waals surface area (Å²) >= 11 is 7.30. The van der Waals surface area contributed by atoms with Gasteiger partial charge >= 0.3 is 0 Å². The van der Waals surface area contributed by atoms with Crippen LogP contribution in [0.25, 0.3) is 0 Å². The van der Waals surface area contributed by atoms with Crippen LogP contribution in [-0.4, -0.2) is 38.5 Å². The van der Waals surface area contributed by atoms with Gasteiger partial charge in [-0.2, -0.15) is 4.31 Å². The lowest BCUT2D eigenvalue weighted by atomic mass is 10.1. The van der Waals surface area contributed by atoms with Crippen molar-refractivity contribution in [3.8, 4) is 0 Å². The molecule has 0 radical (unpaired) electrons. The fourth-order valence-electron chi connectivity index (χ4n) is 2.60. The average molecular weight is 352 g/mol. The quantitative estimate of drug-likeness (QED) is 0.738. The number of halogens is 1. The van der Waals surface area contributed by atoms with Crippen LogP contribution in [0.1, 0.15) is 36.6 Å². The van der Waals surface area contributed by atoms with E-state index in [0.29, 0.717) is 24.6 Å². The number of piperidine rings is 1. The van der Waals surface area contributed by atoms with E-state index < -0.39 is 10.0 Å². The molecule has 1 aliphatic rings. The zero-order chi connectivity index (χ0) is 15.5. The van der Waals surface area contributed by atoms with E-state index in [2.05, 4.69) is 6.92 Å². The number of aryl methyl sites for hydroxylation is 1. The predicted molar refractivity (Wildman–Crippen MR) is 86.6 cm³/mol. The Labute approximate surface area is 136 Å². The highest BCUT2D eigenvalue weighted by Gasteiger charge is 2.33. The van der Waals surface area contributed by atoms with Crippen molar-refractivity contribution in [3.05, 3.63) is 15.8 Å². The van der Waals surface area contributed by atoms with Gasteiger partial charge in [0.25, 0.3) is 0 Å². The molecule has 1 aromatic rings. The molecule has 1 aromatic heterocycles. The Balaban J connectivity index is 2.20. The second-order valence-corrected chi connectivity index (χ2v) is 8.41. The maximum Gasteiger partial charge on any atom is 0.244 e. The summed E-state index contributed by atoms with van der Waals surface area (Å²) in [5.74, 6) is 0.233. The lowest BCUT2D eigenvalue weighted by Gasteiger charge is -2.32. The molecule has 0 aromatic carbocycles. The summed E-state index contributed by atoms with van der Waals surface area (Å²) in [5, 5.41) is 1.86. The molecule has 1 saturated heterocycles. The summed E-state index contributed by atoms with van der Waals surface area (Å²) in [6, 6.07) is 0. The first-order valence-corrected chi connectivity index (χ1v) is 10.1. The molecule has 1 atom stereocenters. The van der Waals surface area contributed by atoms with Crippen molar-refractivity contribution in [2.24, 2.45) is 0 Å². The third-order valence-electron chi connectivity index (χ3n) is 3.61. The fraction of sp³-hybridized carbons (Fsp3) is 0.714. The summed E-state index contributed by atoms with van der Waals surface area (Å²) in [7, 11) is -3.47. The fourth-order valence-corrected chi connectivity index (χ4v) is 6.12. The SMILES string of the molecule is CCCOC1CCCN(S(=O)(=O)c2c(C)csc2CCl)C1. The van der Waals surface area contributed by atoms with E-state index >= 15 is 0 Å². The van der Waals surface area contributed by atoms with E-state index in [9.17, 15) is 8.42 Å². The summed E-state index contributed by atoms with van der Waals surface area (Å²) in [6.07, 6.45) is 2.72. The Morgan fingerprint density at radius 2 is 2.29 bits per heavy atom. The number of hydrogen-bond acceptors (Lipinski definition) is 4. The molecule has 1 aliphatic heterocycles. The zero-order valence-electron chi connectivity index (χ0n) is 12.5. The summed E-state index contributed by atoms with van der Waals surface area (Å²) in [6.45, 7) is 5.57. The monoisotopic (exact) mass is 351 g/mol. The van der Waals surface area contributed by atoms with E-state index in [0.717, 1.165) is 29.7 Å². The maximum atomic E-state index is 12.9. The topological polar surface area (TPSA) is 46.6 Å².